The van der Waals surface area contributed by atoms with E-state index in [1.807, 2.05) is 0 Å². The van der Waals surface area contributed by atoms with Crippen molar-refractivity contribution in [2.75, 3.05) is 19.8 Å². The molecule has 1 aliphatic heterocycles. The molecule has 1 unspecified atom stereocenters. The van der Waals surface area contributed by atoms with Gasteiger partial charge in [-0.15, -0.1) is 0 Å². The fourth-order valence-electron chi connectivity index (χ4n) is 3.17. The van der Waals surface area contributed by atoms with Crippen molar-refractivity contribution in [3.8, 4) is 0 Å². The van der Waals surface area contributed by atoms with Crippen LogP contribution in [0.5, 0.6) is 0 Å². The molecule has 0 spiro atoms. The Morgan fingerprint density at radius 2 is 1.76 bits per heavy atom. The zero-order valence-electron chi connectivity index (χ0n) is 14.1. The van der Waals surface area contributed by atoms with Gasteiger partial charge in [0, 0.05) is 19.3 Å². The van der Waals surface area contributed by atoms with Gasteiger partial charge in [-0.25, -0.2) is 0 Å². The van der Waals surface area contributed by atoms with Gasteiger partial charge in [0.2, 0.25) is 0 Å². The maximum absolute atomic E-state index is 5.51. The molecule has 21 heavy (non-hydrogen) atoms. The van der Waals surface area contributed by atoms with Gasteiger partial charge in [0.05, 0.1) is 0 Å². The summed E-state index contributed by atoms with van der Waals surface area (Å²) in [6.45, 7) is 11.9. The second kappa shape index (κ2) is 7.42. The van der Waals surface area contributed by atoms with Crippen LogP contribution >= 0.6 is 0 Å². The van der Waals surface area contributed by atoms with Crippen molar-refractivity contribution >= 4 is 0 Å². The molecule has 0 amide bonds. The van der Waals surface area contributed by atoms with Crippen LogP contribution in [0.2, 0.25) is 0 Å². The summed E-state index contributed by atoms with van der Waals surface area (Å²) < 4.78 is 5.51. The first-order chi connectivity index (χ1) is 10.1. The summed E-state index contributed by atoms with van der Waals surface area (Å²) in [5, 5.41) is 3.69. The minimum atomic E-state index is 0.269. The lowest BCUT2D eigenvalue weighted by molar-refractivity contribution is 0.0538. The smallest absolute Gasteiger partial charge is 0.0469 e. The first-order valence-corrected chi connectivity index (χ1v) is 8.50. The molecule has 0 radical (unpaired) electrons. The Labute approximate surface area is 130 Å². The third-order valence-electron chi connectivity index (χ3n) is 5.10. The van der Waals surface area contributed by atoms with Gasteiger partial charge in [-0.05, 0) is 48.3 Å². The van der Waals surface area contributed by atoms with E-state index in [4.69, 9.17) is 4.74 Å². The molecule has 1 aromatic rings. The molecule has 1 aliphatic rings. The maximum atomic E-state index is 5.51. The van der Waals surface area contributed by atoms with E-state index in [0.717, 1.165) is 19.8 Å². The highest BCUT2D eigenvalue weighted by molar-refractivity contribution is 5.30. The van der Waals surface area contributed by atoms with Crippen LogP contribution in [0.3, 0.4) is 0 Å². The third-order valence-corrected chi connectivity index (χ3v) is 5.10. The standard InChI is InChI=1S/C19H31NO/c1-5-19(3,4)17-9-7-15(8-10-17)18(20-6-2)16-11-13-21-14-12-16/h7-10,16,18,20H,5-6,11-14H2,1-4H3. The number of nitrogens with one attached hydrogen (secondary N) is 1. The molecule has 0 saturated carbocycles. The van der Waals surface area contributed by atoms with Crippen molar-refractivity contribution in [1.29, 1.82) is 0 Å². The minimum absolute atomic E-state index is 0.269. The molecule has 1 atom stereocenters. The van der Waals surface area contributed by atoms with E-state index < -0.39 is 0 Å². The van der Waals surface area contributed by atoms with Crippen molar-refractivity contribution in [2.45, 2.75) is 58.4 Å². The monoisotopic (exact) mass is 289 g/mol. The Bertz CT molecular complexity index is 418. The van der Waals surface area contributed by atoms with Crippen LogP contribution in [0.1, 0.15) is 64.1 Å². The van der Waals surface area contributed by atoms with E-state index in [1.165, 1.54) is 30.4 Å². The highest BCUT2D eigenvalue weighted by Crippen LogP contribution is 2.32. The van der Waals surface area contributed by atoms with E-state index in [0.29, 0.717) is 12.0 Å². The Morgan fingerprint density at radius 3 is 2.29 bits per heavy atom. The van der Waals surface area contributed by atoms with E-state index >= 15 is 0 Å². The summed E-state index contributed by atoms with van der Waals surface area (Å²) in [5.41, 5.74) is 3.14. The average molecular weight is 289 g/mol. The molecule has 0 aromatic heterocycles. The summed E-state index contributed by atoms with van der Waals surface area (Å²) in [6, 6.07) is 9.77. The molecule has 0 bridgehead atoms. The van der Waals surface area contributed by atoms with Gasteiger partial charge in [-0.2, -0.15) is 0 Å². The average Bonchev–Trinajstić information content (AvgIpc) is 2.53. The third kappa shape index (κ3) is 4.08. The van der Waals surface area contributed by atoms with Crippen molar-refractivity contribution in [2.24, 2.45) is 5.92 Å². The molecule has 1 saturated heterocycles. The predicted octanol–water partition coefficient (Wildman–Crippen LogP) is 4.45. The zero-order valence-corrected chi connectivity index (χ0v) is 14.1. The summed E-state index contributed by atoms with van der Waals surface area (Å²) >= 11 is 0. The molecule has 1 aromatic carbocycles. The van der Waals surface area contributed by atoms with Gasteiger partial charge in [0.25, 0.3) is 0 Å². The lowest BCUT2D eigenvalue weighted by Crippen LogP contribution is -2.32. The van der Waals surface area contributed by atoms with Gasteiger partial charge < -0.3 is 10.1 Å². The van der Waals surface area contributed by atoms with Crippen molar-refractivity contribution in [3.63, 3.8) is 0 Å². The number of rotatable bonds is 6. The SMILES string of the molecule is CCNC(c1ccc(C(C)(C)CC)cc1)C1CCOCC1. The Kier molecular flexibility index (Phi) is 5.83. The lowest BCUT2D eigenvalue weighted by atomic mass is 9.80. The molecule has 1 N–H and O–H groups in total. The largest absolute Gasteiger partial charge is 0.381 e. The van der Waals surface area contributed by atoms with E-state index in [2.05, 4.69) is 57.3 Å². The van der Waals surface area contributed by atoms with Gasteiger partial charge in [-0.1, -0.05) is 52.0 Å². The Hall–Kier alpha value is -0.860. The molecule has 1 fully saturated rings. The van der Waals surface area contributed by atoms with Gasteiger partial charge in [-0.3, -0.25) is 0 Å². The van der Waals surface area contributed by atoms with Crippen molar-refractivity contribution < 1.29 is 4.74 Å². The predicted molar refractivity (Wildman–Crippen MR) is 89.7 cm³/mol. The minimum Gasteiger partial charge on any atom is -0.381 e. The number of ether oxygens (including phenoxy) is 1. The number of hydrogen-bond acceptors (Lipinski definition) is 2. The summed E-state index contributed by atoms with van der Waals surface area (Å²) in [6.07, 6.45) is 3.50. The molecule has 118 valence electrons. The number of benzene rings is 1. The van der Waals surface area contributed by atoms with Crippen LogP contribution < -0.4 is 5.32 Å². The molecule has 1 heterocycles. The van der Waals surface area contributed by atoms with Crippen molar-refractivity contribution in [3.05, 3.63) is 35.4 Å². The molecule has 2 rings (SSSR count). The Balaban J connectivity index is 2.16. The first kappa shape index (κ1) is 16.5. The molecule has 2 nitrogen and oxygen atoms in total. The van der Waals surface area contributed by atoms with Crippen molar-refractivity contribution in [1.82, 2.24) is 5.32 Å². The summed E-state index contributed by atoms with van der Waals surface area (Å²) in [5.74, 6) is 0.698. The molecular formula is C19H31NO. The highest BCUT2D eigenvalue weighted by atomic mass is 16.5. The second-order valence-electron chi connectivity index (χ2n) is 6.84. The summed E-state index contributed by atoms with van der Waals surface area (Å²) in [7, 11) is 0. The Morgan fingerprint density at radius 1 is 1.14 bits per heavy atom. The highest BCUT2D eigenvalue weighted by Gasteiger charge is 2.25. The quantitative estimate of drug-likeness (QED) is 0.835. The van der Waals surface area contributed by atoms with E-state index in [1.54, 1.807) is 0 Å². The van der Waals surface area contributed by atoms with Gasteiger partial charge in [0.15, 0.2) is 0 Å². The second-order valence-corrected chi connectivity index (χ2v) is 6.84. The van der Waals surface area contributed by atoms with Gasteiger partial charge in [0.1, 0.15) is 0 Å². The zero-order chi connectivity index (χ0) is 15.3. The number of hydrogen-bond donors (Lipinski definition) is 1. The van der Waals surface area contributed by atoms with Crippen LogP contribution in [-0.2, 0) is 10.2 Å². The van der Waals surface area contributed by atoms with E-state index in [9.17, 15) is 0 Å². The van der Waals surface area contributed by atoms with Crippen LogP contribution in [0, 0.1) is 5.92 Å². The first-order valence-electron chi connectivity index (χ1n) is 8.50. The lowest BCUT2D eigenvalue weighted by Gasteiger charge is -2.32. The van der Waals surface area contributed by atoms with Crippen LogP contribution in [-0.4, -0.2) is 19.8 Å². The van der Waals surface area contributed by atoms with Crippen LogP contribution in [0.4, 0.5) is 0 Å². The molecular weight excluding hydrogens is 258 g/mol. The maximum Gasteiger partial charge on any atom is 0.0469 e. The van der Waals surface area contributed by atoms with Crippen LogP contribution in [0.15, 0.2) is 24.3 Å². The fourth-order valence-corrected chi connectivity index (χ4v) is 3.17. The molecule has 2 heteroatoms. The normalized spacial score (nSPS) is 18.7. The van der Waals surface area contributed by atoms with Crippen LogP contribution in [0.25, 0.3) is 0 Å². The van der Waals surface area contributed by atoms with E-state index in [-0.39, 0.29) is 5.41 Å². The summed E-state index contributed by atoms with van der Waals surface area (Å²) in [4.78, 5) is 0. The van der Waals surface area contributed by atoms with Gasteiger partial charge >= 0.3 is 0 Å². The topological polar surface area (TPSA) is 21.3 Å². The fraction of sp³-hybridized carbons (Fsp3) is 0.684. The molecule has 0 aliphatic carbocycles.